The highest BCUT2D eigenvalue weighted by Crippen LogP contribution is 2.23. The van der Waals surface area contributed by atoms with Crippen LogP contribution in [0.2, 0.25) is 0 Å². The van der Waals surface area contributed by atoms with Crippen molar-refractivity contribution in [1.29, 1.82) is 0 Å². The van der Waals surface area contributed by atoms with Gasteiger partial charge in [0.2, 0.25) is 5.95 Å². The summed E-state index contributed by atoms with van der Waals surface area (Å²) in [4.78, 5) is 13.7. The minimum absolute atomic E-state index is 0.256. The summed E-state index contributed by atoms with van der Waals surface area (Å²) in [5.41, 5.74) is 1.32. The lowest BCUT2D eigenvalue weighted by molar-refractivity contribution is 0.139. The third-order valence-corrected chi connectivity index (χ3v) is 5.86. The van der Waals surface area contributed by atoms with Crippen molar-refractivity contribution in [3.8, 4) is 5.69 Å². The summed E-state index contributed by atoms with van der Waals surface area (Å²) in [5.74, 6) is 0.479. The second-order valence-electron chi connectivity index (χ2n) is 8.19. The molecule has 1 atom stereocenters. The summed E-state index contributed by atoms with van der Waals surface area (Å²) in [6.07, 6.45) is 2.51. The number of benzene rings is 1. The van der Waals surface area contributed by atoms with Crippen molar-refractivity contribution in [1.82, 2.24) is 24.6 Å². The van der Waals surface area contributed by atoms with Gasteiger partial charge in [-0.25, -0.2) is 18.4 Å². The van der Waals surface area contributed by atoms with Gasteiger partial charge < -0.3 is 15.0 Å². The van der Waals surface area contributed by atoms with Gasteiger partial charge in [-0.1, -0.05) is 0 Å². The fourth-order valence-electron chi connectivity index (χ4n) is 4.23. The first-order valence-electron chi connectivity index (χ1n) is 10.7. The molecule has 0 aliphatic carbocycles. The van der Waals surface area contributed by atoms with Crippen LogP contribution in [0, 0.1) is 18.6 Å². The van der Waals surface area contributed by atoms with Crippen molar-refractivity contribution in [3.63, 3.8) is 0 Å². The number of pyridine rings is 1. The number of hydrogen-bond donors (Lipinski definition) is 1. The van der Waals surface area contributed by atoms with Gasteiger partial charge >= 0.3 is 0 Å². The maximum Gasteiger partial charge on any atom is 0.248 e. The molecule has 1 aromatic carbocycles. The minimum atomic E-state index is -0.671. The number of aryl methyl sites for hydroxylation is 1. The van der Waals surface area contributed by atoms with Crippen LogP contribution in [-0.4, -0.2) is 70.1 Å². The van der Waals surface area contributed by atoms with E-state index in [0.717, 1.165) is 63.3 Å². The Morgan fingerprint density at radius 2 is 1.81 bits per heavy atom. The molecule has 1 N–H and O–H groups in total. The molecular formula is C22H25F2N7O. The lowest BCUT2D eigenvalue weighted by Crippen LogP contribution is -2.50. The summed E-state index contributed by atoms with van der Waals surface area (Å²) in [7, 11) is 0. The van der Waals surface area contributed by atoms with E-state index < -0.39 is 11.6 Å². The van der Waals surface area contributed by atoms with E-state index in [2.05, 4.69) is 31.3 Å². The molecule has 0 amide bonds. The van der Waals surface area contributed by atoms with Crippen molar-refractivity contribution in [3.05, 3.63) is 53.9 Å². The molecule has 168 valence electrons. The van der Waals surface area contributed by atoms with Gasteiger partial charge in [-0.3, -0.25) is 4.90 Å². The average Bonchev–Trinajstić information content (AvgIpc) is 3.45. The molecule has 3 aromatic rings. The fourth-order valence-corrected chi connectivity index (χ4v) is 4.23. The Balaban J connectivity index is 1.28. The number of nitrogens with zero attached hydrogens (tertiary/aromatic N) is 6. The van der Waals surface area contributed by atoms with Crippen LogP contribution in [0.25, 0.3) is 5.69 Å². The Kier molecular flexibility index (Phi) is 5.71. The van der Waals surface area contributed by atoms with E-state index in [4.69, 9.17) is 9.72 Å². The maximum absolute atomic E-state index is 13.5. The van der Waals surface area contributed by atoms with Gasteiger partial charge in [-0.15, -0.1) is 5.10 Å². The lowest BCUT2D eigenvalue weighted by atomic mass is 10.2. The highest BCUT2D eigenvalue weighted by atomic mass is 19.1. The van der Waals surface area contributed by atoms with Gasteiger partial charge in [-0.2, -0.15) is 4.98 Å². The van der Waals surface area contributed by atoms with Crippen LogP contribution < -0.4 is 10.2 Å². The second-order valence-corrected chi connectivity index (χ2v) is 8.19. The van der Waals surface area contributed by atoms with Gasteiger partial charge in [0.1, 0.15) is 29.6 Å². The summed E-state index contributed by atoms with van der Waals surface area (Å²) in [5, 5.41) is 7.37. The predicted molar refractivity (Wildman–Crippen MR) is 117 cm³/mol. The molecule has 8 nitrogen and oxygen atoms in total. The first kappa shape index (κ1) is 20.8. The minimum Gasteiger partial charge on any atom is -0.380 e. The number of hydrogen-bond acceptors (Lipinski definition) is 7. The molecule has 1 unspecified atom stereocenters. The molecule has 0 radical (unpaired) electrons. The highest BCUT2D eigenvalue weighted by molar-refractivity contribution is 5.55. The molecule has 2 aromatic heterocycles. The third kappa shape index (κ3) is 4.56. The van der Waals surface area contributed by atoms with E-state index in [0.29, 0.717) is 17.8 Å². The molecule has 5 rings (SSSR count). The largest absolute Gasteiger partial charge is 0.380 e. The monoisotopic (exact) mass is 441 g/mol. The summed E-state index contributed by atoms with van der Waals surface area (Å²) in [6.45, 7) is 7.50. The third-order valence-electron chi connectivity index (χ3n) is 5.86. The zero-order chi connectivity index (χ0) is 22.1. The van der Waals surface area contributed by atoms with E-state index >= 15 is 0 Å². The van der Waals surface area contributed by atoms with Gasteiger partial charge in [0, 0.05) is 44.9 Å². The van der Waals surface area contributed by atoms with E-state index in [1.165, 1.54) is 23.1 Å². The average molecular weight is 441 g/mol. The second kappa shape index (κ2) is 8.79. The standard InChI is InChI=1S/C22H25F2N7O/c1-15-8-20(27-22-25-14-31(28-22)19-11-16(23)10-17(24)12-19)26-21(9-15)30-5-3-29(4-6-30)18-2-7-32-13-18/h8-12,14,18H,2-7,13H2,1H3,(H,26,27,28). The normalized spacial score (nSPS) is 19.5. The number of piperazine rings is 1. The zero-order valence-corrected chi connectivity index (χ0v) is 17.8. The maximum atomic E-state index is 13.5. The van der Waals surface area contributed by atoms with E-state index in [9.17, 15) is 8.78 Å². The zero-order valence-electron chi connectivity index (χ0n) is 17.8. The summed E-state index contributed by atoms with van der Waals surface area (Å²) >= 11 is 0. The SMILES string of the molecule is Cc1cc(Nc2ncn(-c3cc(F)cc(F)c3)n2)nc(N2CCN(C3CCOC3)CC2)c1. The van der Waals surface area contributed by atoms with Gasteiger partial charge in [0.25, 0.3) is 0 Å². The molecule has 2 saturated heterocycles. The fraction of sp³-hybridized carbons (Fsp3) is 0.409. The van der Waals surface area contributed by atoms with Crippen molar-refractivity contribution in [2.75, 3.05) is 49.6 Å². The lowest BCUT2D eigenvalue weighted by Gasteiger charge is -2.38. The van der Waals surface area contributed by atoms with Gasteiger partial charge in [0.15, 0.2) is 0 Å². The molecule has 0 spiro atoms. The number of halogens is 2. The predicted octanol–water partition coefficient (Wildman–Crippen LogP) is 2.90. The van der Waals surface area contributed by atoms with Gasteiger partial charge in [-0.05, 0) is 43.2 Å². The molecule has 2 fully saturated rings. The van der Waals surface area contributed by atoms with Crippen LogP contribution in [0.1, 0.15) is 12.0 Å². The summed E-state index contributed by atoms with van der Waals surface area (Å²) < 4.78 is 33.8. The van der Waals surface area contributed by atoms with Crippen LogP contribution in [0.15, 0.2) is 36.7 Å². The molecule has 2 aliphatic rings. The number of rotatable bonds is 5. The Morgan fingerprint density at radius 1 is 1.03 bits per heavy atom. The highest BCUT2D eigenvalue weighted by Gasteiger charge is 2.27. The molecule has 0 bridgehead atoms. The summed E-state index contributed by atoms with van der Waals surface area (Å²) in [6, 6.07) is 7.73. The Labute approximate surface area is 184 Å². The van der Waals surface area contributed by atoms with E-state index in [-0.39, 0.29) is 5.69 Å². The molecule has 4 heterocycles. The molecule has 32 heavy (non-hydrogen) atoms. The first-order chi connectivity index (χ1) is 15.5. The number of anilines is 3. The topological polar surface area (TPSA) is 71.3 Å². The Bertz CT molecular complexity index is 1070. The van der Waals surface area contributed by atoms with Crippen LogP contribution in [0.5, 0.6) is 0 Å². The van der Waals surface area contributed by atoms with E-state index in [1.54, 1.807) is 0 Å². The van der Waals surface area contributed by atoms with Crippen LogP contribution in [0.4, 0.5) is 26.4 Å². The van der Waals surface area contributed by atoms with Gasteiger partial charge in [0.05, 0.1) is 12.3 Å². The van der Waals surface area contributed by atoms with Crippen molar-refractivity contribution in [2.24, 2.45) is 0 Å². The number of ether oxygens (including phenoxy) is 1. The van der Waals surface area contributed by atoms with Crippen molar-refractivity contribution in [2.45, 2.75) is 19.4 Å². The molecular weight excluding hydrogens is 416 g/mol. The van der Waals surface area contributed by atoms with E-state index in [1.807, 2.05) is 13.0 Å². The molecule has 10 heteroatoms. The van der Waals surface area contributed by atoms with Crippen LogP contribution >= 0.6 is 0 Å². The number of nitrogens with one attached hydrogen (secondary N) is 1. The first-order valence-corrected chi connectivity index (χ1v) is 10.7. The van der Waals surface area contributed by atoms with Crippen molar-refractivity contribution >= 4 is 17.6 Å². The van der Waals surface area contributed by atoms with Crippen molar-refractivity contribution < 1.29 is 13.5 Å². The Hall–Kier alpha value is -3.11. The number of aromatic nitrogens is 4. The smallest absolute Gasteiger partial charge is 0.248 e. The Morgan fingerprint density at radius 3 is 2.53 bits per heavy atom. The molecule has 2 aliphatic heterocycles. The quantitative estimate of drug-likeness (QED) is 0.653. The van der Waals surface area contributed by atoms with Crippen LogP contribution in [-0.2, 0) is 4.74 Å². The van der Waals surface area contributed by atoms with Crippen LogP contribution in [0.3, 0.4) is 0 Å². The molecule has 0 saturated carbocycles.